The molecular formula is C19H16ClN5O2S. The molecule has 0 aliphatic heterocycles. The minimum atomic E-state index is -0.313. The lowest BCUT2D eigenvalue weighted by Crippen LogP contribution is -2.13. The van der Waals surface area contributed by atoms with E-state index >= 15 is 0 Å². The molecule has 0 radical (unpaired) electrons. The van der Waals surface area contributed by atoms with E-state index in [0.717, 1.165) is 27.8 Å². The van der Waals surface area contributed by atoms with Crippen molar-refractivity contribution >= 4 is 39.5 Å². The van der Waals surface area contributed by atoms with Gasteiger partial charge in [0, 0.05) is 12.0 Å². The van der Waals surface area contributed by atoms with Crippen molar-refractivity contribution in [3.8, 4) is 16.3 Å². The molecule has 28 heavy (non-hydrogen) atoms. The van der Waals surface area contributed by atoms with E-state index in [1.165, 1.54) is 11.3 Å². The van der Waals surface area contributed by atoms with Crippen molar-refractivity contribution in [2.45, 2.75) is 13.3 Å². The summed E-state index contributed by atoms with van der Waals surface area (Å²) in [6, 6.07) is 12.4. The number of aryl methyl sites for hydroxylation is 1. The minimum Gasteiger partial charge on any atom is -0.495 e. The first-order valence-electron chi connectivity index (χ1n) is 8.56. The van der Waals surface area contributed by atoms with E-state index in [0.29, 0.717) is 22.0 Å². The summed E-state index contributed by atoms with van der Waals surface area (Å²) >= 11 is 7.56. The largest absolute Gasteiger partial charge is 0.495 e. The zero-order valence-corrected chi connectivity index (χ0v) is 16.7. The smallest absolute Gasteiger partial charge is 0.257 e. The van der Waals surface area contributed by atoms with Gasteiger partial charge in [-0.15, -0.1) is 10.2 Å². The summed E-state index contributed by atoms with van der Waals surface area (Å²) in [5.74, 6) is 1.03. The van der Waals surface area contributed by atoms with E-state index < -0.39 is 0 Å². The Morgan fingerprint density at radius 1 is 1.25 bits per heavy atom. The van der Waals surface area contributed by atoms with E-state index in [-0.39, 0.29) is 5.91 Å². The molecule has 4 rings (SSSR count). The monoisotopic (exact) mass is 413 g/mol. The number of benzene rings is 2. The Kier molecular flexibility index (Phi) is 4.97. The number of methoxy groups -OCH3 is 1. The number of halogens is 1. The van der Waals surface area contributed by atoms with Gasteiger partial charge >= 0.3 is 0 Å². The Balaban J connectivity index is 1.70. The van der Waals surface area contributed by atoms with Gasteiger partial charge in [-0.1, -0.05) is 42.0 Å². The van der Waals surface area contributed by atoms with Crippen molar-refractivity contribution in [3.63, 3.8) is 0 Å². The fourth-order valence-electron chi connectivity index (χ4n) is 2.77. The van der Waals surface area contributed by atoms with E-state index in [2.05, 4.69) is 20.6 Å². The quantitative estimate of drug-likeness (QED) is 0.526. The Morgan fingerprint density at radius 3 is 2.82 bits per heavy atom. The summed E-state index contributed by atoms with van der Waals surface area (Å²) in [7, 11) is 1.55. The molecule has 1 amide bonds. The topological polar surface area (TPSA) is 81.4 Å². The number of rotatable bonds is 5. The standard InChI is InChI=1S/C19H16ClN5O2S/c1-3-16-22-23-19-25(16)24-18(28-19)11-8-9-15(27-2)14(10-11)21-17(26)12-6-4-5-7-13(12)20/h4-10H,3H2,1-2H3,(H,21,26). The third kappa shape index (κ3) is 3.32. The summed E-state index contributed by atoms with van der Waals surface area (Å²) in [5, 5.41) is 16.9. The third-order valence-electron chi connectivity index (χ3n) is 4.18. The van der Waals surface area contributed by atoms with E-state index in [1.807, 2.05) is 19.1 Å². The highest BCUT2D eigenvalue weighted by Gasteiger charge is 2.16. The van der Waals surface area contributed by atoms with Crippen LogP contribution >= 0.6 is 22.9 Å². The van der Waals surface area contributed by atoms with Crippen LogP contribution < -0.4 is 10.1 Å². The minimum absolute atomic E-state index is 0.313. The van der Waals surface area contributed by atoms with Crippen LogP contribution in [-0.4, -0.2) is 32.8 Å². The molecule has 0 saturated heterocycles. The lowest BCUT2D eigenvalue weighted by molar-refractivity contribution is 0.102. The lowest BCUT2D eigenvalue weighted by atomic mass is 10.1. The predicted octanol–water partition coefficient (Wildman–Crippen LogP) is 4.33. The average Bonchev–Trinajstić information content (AvgIpc) is 3.28. The molecule has 1 N–H and O–H groups in total. The Labute approximate surface area is 169 Å². The summed E-state index contributed by atoms with van der Waals surface area (Å²) < 4.78 is 7.13. The van der Waals surface area contributed by atoms with Gasteiger partial charge in [-0.3, -0.25) is 4.79 Å². The molecule has 2 aromatic heterocycles. The molecule has 4 aromatic rings. The van der Waals surface area contributed by atoms with Crippen LogP contribution in [0.3, 0.4) is 0 Å². The second kappa shape index (κ2) is 7.57. The van der Waals surface area contributed by atoms with Gasteiger partial charge in [-0.05, 0) is 30.3 Å². The zero-order valence-electron chi connectivity index (χ0n) is 15.1. The van der Waals surface area contributed by atoms with Crippen molar-refractivity contribution in [1.82, 2.24) is 19.8 Å². The average molecular weight is 414 g/mol. The Hall–Kier alpha value is -2.97. The van der Waals surface area contributed by atoms with Crippen LogP contribution in [0.4, 0.5) is 5.69 Å². The molecule has 0 atom stereocenters. The number of carbonyl (C=O) groups is 1. The fourth-order valence-corrected chi connectivity index (χ4v) is 3.84. The normalized spacial score (nSPS) is 11.0. The molecule has 0 fully saturated rings. The second-order valence-corrected chi connectivity index (χ2v) is 7.28. The van der Waals surface area contributed by atoms with E-state index in [9.17, 15) is 4.79 Å². The highest BCUT2D eigenvalue weighted by atomic mass is 35.5. The number of fused-ring (bicyclic) bond motifs is 1. The fraction of sp³-hybridized carbons (Fsp3) is 0.158. The Bertz CT molecular complexity index is 1170. The predicted molar refractivity (Wildman–Crippen MR) is 109 cm³/mol. The first kappa shape index (κ1) is 18.4. The van der Waals surface area contributed by atoms with Gasteiger partial charge in [-0.2, -0.15) is 9.61 Å². The van der Waals surface area contributed by atoms with Crippen molar-refractivity contribution < 1.29 is 9.53 Å². The highest BCUT2D eigenvalue weighted by molar-refractivity contribution is 7.19. The van der Waals surface area contributed by atoms with Crippen LogP contribution in [0.5, 0.6) is 5.75 Å². The van der Waals surface area contributed by atoms with Crippen LogP contribution in [0.1, 0.15) is 23.1 Å². The van der Waals surface area contributed by atoms with Gasteiger partial charge in [0.05, 0.1) is 23.4 Å². The summed E-state index contributed by atoms with van der Waals surface area (Å²) in [4.78, 5) is 13.4. The van der Waals surface area contributed by atoms with Crippen molar-refractivity contribution in [1.29, 1.82) is 0 Å². The number of nitrogens with zero attached hydrogens (tertiary/aromatic N) is 4. The molecule has 0 spiro atoms. The maximum Gasteiger partial charge on any atom is 0.257 e. The van der Waals surface area contributed by atoms with Crippen LogP contribution in [0.25, 0.3) is 15.5 Å². The maximum absolute atomic E-state index is 12.6. The molecule has 2 heterocycles. The number of aromatic nitrogens is 4. The number of hydrogen-bond acceptors (Lipinski definition) is 6. The van der Waals surface area contributed by atoms with E-state index in [4.69, 9.17) is 16.3 Å². The first-order chi connectivity index (χ1) is 13.6. The first-order valence-corrected chi connectivity index (χ1v) is 9.75. The molecule has 0 aliphatic rings. The molecule has 2 aromatic carbocycles. The molecule has 9 heteroatoms. The molecular weight excluding hydrogens is 398 g/mol. The van der Waals surface area contributed by atoms with Crippen molar-refractivity contribution in [2.24, 2.45) is 0 Å². The van der Waals surface area contributed by atoms with Crippen molar-refractivity contribution in [3.05, 3.63) is 58.9 Å². The van der Waals surface area contributed by atoms with Crippen LogP contribution in [0, 0.1) is 0 Å². The van der Waals surface area contributed by atoms with Gasteiger partial charge in [0.15, 0.2) is 5.82 Å². The van der Waals surface area contributed by atoms with Crippen LogP contribution in [-0.2, 0) is 6.42 Å². The summed E-state index contributed by atoms with van der Waals surface area (Å²) in [6.07, 6.45) is 0.742. The Morgan fingerprint density at radius 2 is 2.07 bits per heavy atom. The summed E-state index contributed by atoms with van der Waals surface area (Å²) in [5.41, 5.74) is 1.77. The molecule has 0 unspecified atom stereocenters. The van der Waals surface area contributed by atoms with Gasteiger partial charge in [-0.25, -0.2) is 0 Å². The zero-order chi connectivity index (χ0) is 19.7. The molecule has 142 valence electrons. The summed E-state index contributed by atoms with van der Waals surface area (Å²) in [6.45, 7) is 2.01. The number of hydrogen-bond donors (Lipinski definition) is 1. The van der Waals surface area contributed by atoms with Gasteiger partial charge in [0.25, 0.3) is 5.91 Å². The van der Waals surface area contributed by atoms with Gasteiger partial charge < -0.3 is 10.1 Å². The van der Waals surface area contributed by atoms with E-state index in [1.54, 1.807) is 42.0 Å². The molecule has 7 nitrogen and oxygen atoms in total. The van der Waals surface area contributed by atoms with Gasteiger partial charge in [0.1, 0.15) is 10.8 Å². The number of nitrogens with one attached hydrogen (secondary N) is 1. The lowest BCUT2D eigenvalue weighted by Gasteiger charge is -2.12. The molecule has 0 bridgehead atoms. The van der Waals surface area contributed by atoms with Crippen molar-refractivity contribution in [2.75, 3.05) is 12.4 Å². The molecule has 0 saturated carbocycles. The number of carbonyl (C=O) groups excluding carboxylic acids is 1. The molecule has 0 aliphatic carbocycles. The van der Waals surface area contributed by atoms with Crippen LogP contribution in [0.2, 0.25) is 5.02 Å². The number of amides is 1. The maximum atomic E-state index is 12.6. The van der Waals surface area contributed by atoms with Gasteiger partial charge in [0.2, 0.25) is 4.96 Å². The SMILES string of the molecule is CCc1nnc2sc(-c3ccc(OC)c(NC(=O)c4ccccc4Cl)c3)nn12. The number of ether oxygens (including phenoxy) is 1. The number of anilines is 1. The third-order valence-corrected chi connectivity index (χ3v) is 5.46. The highest BCUT2D eigenvalue weighted by Crippen LogP contribution is 2.33. The second-order valence-electron chi connectivity index (χ2n) is 5.92. The van der Waals surface area contributed by atoms with Crippen LogP contribution in [0.15, 0.2) is 42.5 Å².